The van der Waals surface area contributed by atoms with Crippen LogP contribution in [0.25, 0.3) is 0 Å². The van der Waals surface area contributed by atoms with Crippen molar-refractivity contribution in [3.8, 4) is 0 Å². The molecule has 0 aliphatic rings. The molecule has 0 aromatic heterocycles. The summed E-state index contributed by atoms with van der Waals surface area (Å²) in [5.74, 6) is -0.204. The minimum atomic E-state index is -3.77. The fourth-order valence-corrected chi connectivity index (χ4v) is 3.55. The molecule has 0 spiro atoms. The molecule has 6 heteroatoms. The first-order valence-electron chi connectivity index (χ1n) is 7.70. The molecule has 1 N–H and O–H groups in total. The number of nitrogens with one attached hydrogen (secondary N) is 1. The monoisotopic (exact) mass is 346 g/mol. The number of amides is 1. The quantitative estimate of drug-likeness (QED) is 0.904. The summed E-state index contributed by atoms with van der Waals surface area (Å²) in [7, 11) is -2.08. The van der Waals surface area contributed by atoms with Gasteiger partial charge in [-0.05, 0) is 50.6 Å². The lowest BCUT2D eigenvalue weighted by Gasteiger charge is -2.16. The van der Waals surface area contributed by atoms with E-state index in [4.69, 9.17) is 0 Å². The maximum Gasteiger partial charge on any atom is 0.262 e. The van der Waals surface area contributed by atoms with E-state index in [1.807, 2.05) is 26.0 Å². The standard InChI is InChI=1S/C18H22N2O3S/c1-5-20(4)18(21)15-9-8-14(3)17(12-15)24(22,23)19-16-10-6-13(2)7-11-16/h6-12,19H,5H2,1-4H3. The van der Waals surface area contributed by atoms with Crippen LogP contribution in [-0.4, -0.2) is 32.8 Å². The molecular weight excluding hydrogens is 324 g/mol. The van der Waals surface area contributed by atoms with Gasteiger partial charge in [-0.1, -0.05) is 23.8 Å². The Labute approximate surface area is 143 Å². The van der Waals surface area contributed by atoms with Crippen molar-refractivity contribution in [1.29, 1.82) is 0 Å². The van der Waals surface area contributed by atoms with E-state index in [0.717, 1.165) is 5.56 Å². The predicted octanol–water partition coefficient (Wildman–Crippen LogP) is 3.20. The highest BCUT2D eigenvalue weighted by atomic mass is 32.2. The van der Waals surface area contributed by atoms with Gasteiger partial charge in [0.2, 0.25) is 0 Å². The van der Waals surface area contributed by atoms with Crippen molar-refractivity contribution >= 4 is 21.6 Å². The summed E-state index contributed by atoms with van der Waals surface area (Å²) in [6.45, 7) is 6.06. The second-order valence-electron chi connectivity index (χ2n) is 5.77. The molecule has 2 aromatic carbocycles. The van der Waals surface area contributed by atoms with Crippen molar-refractivity contribution in [2.75, 3.05) is 18.3 Å². The lowest BCUT2D eigenvalue weighted by molar-refractivity contribution is 0.0802. The number of rotatable bonds is 5. The third-order valence-corrected chi connectivity index (χ3v) is 5.37. The Bertz CT molecular complexity index is 843. The smallest absolute Gasteiger partial charge is 0.262 e. The molecule has 0 unspecified atom stereocenters. The molecule has 1 amide bonds. The summed E-state index contributed by atoms with van der Waals surface area (Å²) in [5.41, 5.74) is 2.48. The van der Waals surface area contributed by atoms with E-state index in [-0.39, 0.29) is 10.8 Å². The van der Waals surface area contributed by atoms with Crippen molar-refractivity contribution in [2.45, 2.75) is 25.7 Å². The largest absolute Gasteiger partial charge is 0.342 e. The van der Waals surface area contributed by atoms with Crippen LogP contribution < -0.4 is 4.72 Å². The van der Waals surface area contributed by atoms with Gasteiger partial charge in [0.05, 0.1) is 4.90 Å². The molecule has 0 radical (unpaired) electrons. The molecule has 0 heterocycles. The minimum Gasteiger partial charge on any atom is -0.342 e. The highest BCUT2D eigenvalue weighted by Gasteiger charge is 2.20. The molecule has 2 rings (SSSR count). The summed E-state index contributed by atoms with van der Waals surface area (Å²) in [6, 6.07) is 11.8. The molecule has 0 saturated heterocycles. The predicted molar refractivity (Wildman–Crippen MR) is 95.8 cm³/mol. The SMILES string of the molecule is CCN(C)C(=O)c1ccc(C)c(S(=O)(=O)Nc2ccc(C)cc2)c1. The molecule has 0 saturated carbocycles. The second kappa shape index (κ2) is 7.05. The average Bonchev–Trinajstić information content (AvgIpc) is 2.55. The van der Waals surface area contributed by atoms with Gasteiger partial charge in [-0.15, -0.1) is 0 Å². The van der Waals surface area contributed by atoms with E-state index in [9.17, 15) is 13.2 Å². The van der Waals surface area contributed by atoms with Gasteiger partial charge in [-0.3, -0.25) is 9.52 Å². The number of carbonyl (C=O) groups excluding carboxylic acids is 1. The van der Waals surface area contributed by atoms with E-state index in [1.165, 1.54) is 11.0 Å². The fraction of sp³-hybridized carbons (Fsp3) is 0.278. The van der Waals surface area contributed by atoms with Crippen molar-refractivity contribution < 1.29 is 13.2 Å². The van der Waals surface area contributed by atoms with Gasteiger partial charge in [0.15, 0.2) is 0 Å². The zero-order valence-electron chi connectivity index (χ0n) is 14.3. The number of anilines is 1. The number of nitrogens with zero attached hydrogens (tertiary/aromatic N) is 1. The normalized spacial score (nSPS) is 11.2. The Balaban J connectivity index is 2.39. The van der Waals surface area contributed by atoms with E-state index in [0.29, 0.717) is 23.4 Å². The van der Waals surface area contributed by atoms with Gasteiger partial charge in [0.1, 0.15) is 0 Å². The summed E-state index contributed by atoms with van der Waals surface area (Å²) in [6.07, 6.45) is 0. The maximum absolute atomic E-state index is 12.7. The topological polar surface area (TPSA) is 66.5 Å². The number of hydrogen-bond acceptors (Lipinski definition) is 3. The Kier molecular flexibility index (Phi) is 5.29. The highest BCUT2D eigenvalue weighted by Crippen LogP contribution is 2.21. The van der Waals surface area contributed by atoms with Crippen LogP contribution in [-0.2, 0) is 10.0 Å². The van der Waals surface area contributed by atoms with Crippen LogP contribution in [0.3, 0.4) is 0 Å². The summed E-state index contributed by atoms with van der Waals surface area (Å²) < 4.78 is 27.9. The molecule has 128 valence electrons. The van der Waals surface area contributed by atoms with Crippen LogP contribution in [0.2, 0.25) is 0 Å². The Hall–Kier alpha value is -2.34. The molecule has 24 heavy (non-hydrogen) atoms. The van der Waals surface area contributed by atoms with Crippen LogP contribution >= 0.6 is 0 Å². The molecule has 0 bridgehead atoms. The second-order valence-corrected chi connectivity index (χ2v) is 7.42. The van der Waals surface area contributed by atoms with Gasteiger partial charge < -0.3 is 4.90 Å². The first-order chi connectivity index (χ1) is 11.2. The van der Waals surface area contributed by atoms with Gasteiger partial charge >= 0.3 is 0 Å². The molecule has 5 nitrogen and oxygen atoms in total. The lowest BCUT2D eigenvalue weighted by atomic mass is 10.1. The van der Waals surface area contributed by atoms with Crippen molar-refractivity contribution in [2.24, 2.45) is 0 Å². The summed E-state index contributed by atoms with van der Waals surface area (Å²) in [5, 5.41) is 0. The zero-order valence-corrected chi connectivity index (χ0v) is 15.1. The average molecular weight is 346 g/mol. The van der Waals surface area contributed by atoms with E-state index in [2.05, 4.69) is 4.72 Å². The molecule has 2 aromatic rings. The summed E-state index contributed by atoms with van der Waals surface area (Å²) in [4.78, 5) is 13.9. The van der Waals surface area contributed by atoms with Crippen LogP contribution in [0.1, 0.15) is 28.4 Å². The first-order valence-corrected chi connectivity index (χ1v) is 9.18. The van der Waals surface area contributed by atoms with Crippen LogP contribution in [0, 0.1) is 13.8 Å². The van der Waals surface area contributed by atoms with E-state index < -0.39 is 10.0 Å². The Morgan fingerprint density at radius 1 is 1.08 bits per heavy atom. The Morgan fingerprint density at radius 3 is 2.29 bits per heavy atom. The van der Waals surface area contributed by atoms with Crippen molar-refractivity contribution in [1.82, 2.24) is 4.90 Å². The van der Waals surface area contributed by atoms with Gasteiger partial charge in [-0.25, -0.2) is 8.42 Å². The number of sulfonamides is 1. The minimum absolute atomic E-state index is 0.110. The number of aryl methyl sites for hydroxylation is 2. The van der Waals surface area contributed by atoms with Crippen molar-refractivity contribution in [3.05, 3.63) is 59.2 Å². The van der Waals surface area contributed by atoms with Crippen LogP contribution in [0.5, 0.6) is 0 Å². The molecule has 0 fully saturated rings. The molecule has 0 atom stereocenters. The summed E-state index contributed by atoms with van der Waals surface area (Å²) >= 11 is 0. The lowest BCUT2D eigenvalue weighted by Crippen LogP contribution is -2.26. The van der Waals surface area contributed by atoms with Gasteiger partial charge in [-0.2, -0.15) is 0 Å². The third-order valence-electron chi connectivity index (χ3n) is 3.85. The fourth-order valence-electron chi connectivity index (χ4n) is 2.22. The van der Waals surface area contributed by atoms with Crippen molar-refractivity contribution in [3.63, 3.8) is 0 Å². The zero-order chi connectivity index (χ0) is 17.9. The number of benzene rings is 2. The number of hydrogen-bond donors (Lipinski definition) is 1. The van der Waals surface area contributed by atoms with Gasteiger partial charge in [0, 0.05) is 24.8 Å². The van der Waals surface area contributed by atoms with Gasteiger partial charge in [0.25, 0.3) is 15.9 Å². The van der Waals surface area contributed by atoms with E-state index in [1.54, 1.807) is 38.2 Å². The Morgan fingerprint density at radius 2 is 1.71 bits per heavy atom. The maximum atomic E-state index is 12.7. The molecule has 0 aliphatic heterocycles. The first kappa shape index (κ1) is 18.0. The third kappa shape index (κ3) is 3.94. The van der Waals surface area contributed by atoms with Crippen LogP contribution in [0.4, 0.5) is 5.69 Å². The number of carbonyl (C=O) groups is 1. The molecular formula is C18H22N2O3S. The highest BCUT2D eigenvalue weighted by molar-refractivity contribution is 7.92. The van der Waals surface area contributed by atoms with Crippen LogP contribution in [0.15, 0.2) is 47.4 Å². The molecule has 0 aliphatic carbocycles. The van der Waals surface area contributed by atoms with E-state index >= 15 is 0 Å².